The number of rotatable bonds is 6. The number of hydrogen-bond donors (Lipinski definition) is 0. The van der Waals surface area contributed by atoms with Gasteiger partial charge in [-0.3, -0.25) is 4.90 Å². The van der Waals surface area contributed by atoms with Crippen LogP contribution < -0.4 is 9.80 Å². The minimum atomic E-state index is 0.0477. The number of hydrogen-bond acceptors (Lipinski definition) is 6. The van der Waals surface area contributed by atoms with E-state index in [2.05, 4.69) is 111 Å². The maximum absolute atomic E-state index is 9.71. The SMILES string of the molecule is [C-]#[N+]C1=CN(c2cccc(C(C)(C)C)c2)CN1COCN1CN(c2cccc(C(C)(C)C)c2)C=C1C#N. The molecule has 2 aromatic carbocycles. The summed E-state index contributed by atoms with van der Waals surface area (Å²) in [6.45, 7) is 22.4. The topological polar surface area (TPSA) is 50.3 Å². The summed E-state index contributed by atoms with van der Waals surface area (Å²) in [6, 6.07) is 19.2. The molecular formula is C30H36N6O. The zero-order valence-corrected chi connectivity index (χ0v) is 22.7. The van der Waals surface area contributed by atoms with E-state index in [0.29, 0.717) is 24.9 Å². The molecule has 0 saturated heterocycles. The average Bonchev–Trinajstić information content (AvgIpc) is 3.47. The van der Waals surface area contributed by atoms with Crippen LogP contribution in [0.2, 0.25) is 0 Å². The fourth-order valence-corrected chi connectivity index (χ4v) is 4.34. The van der Waals surface area contributed by atoms with E-state index in [1.165, 1.54) is 11.1 Å². The third-order valence-corrected chi connectivity index (χ3v) is 6.67. The molecule has 0 atom stereocenters. The van der Waals surface area contributed by atoms with Crippen LogP contribution in [0, 0.1) is 17.9 Å². The molecule has 0 amide bonds. The molecule has 37 heavy (non-hydrogen) atoms. The third kappa shape index (κ3) is 5.90. The van der Waals surface area contributed by atoms with Crippen molar-refractivity contribution in [2.45, 2.75) is 52.4 Å². The molecule has 0 radical (unpaired) electrons. The smallest absolute Gasteiger partial charge is 0.244 e. The average molecular weight is 497 g/mol. The number of nitrogens with zero attached hydrogens (tertiary/aromatic N) is 6. The van der Waals surface area contributed by atoms with Gasteiger partial charge in [0.1, 0.15) is 25.2 Å². The van der Waals surface area contributed by atoms with Crippen LogP contribution in [0.15, 0.2) is 72.4 Å². The van der Waals surface area contributed by atoms with Gasteiger partial charge in [-0.2, -0.15) is 5.26 Å². The predicted octanol–water partition coefficient (Wildman–Crippen LogP) is 6.16. The van der Waals surface area contributed by atoms with Crippen molar-refractivity contribution in [3.05, 3.63) is 95.0 Å². The molecule has 7 heteroatoms. The van der Waals surface area contributed by atoms with Gasteiger partial charge in [-0.25, -0.2) is 0 Å². The molecule has 0 unspecified atom stereocenters. The van der Waals surface area contributed by atoms with Crippen molar-refractivity contribution < 1.29 is 4.74 Å². The predicted molar refractivity (Wildman–Crippen MR) is 148 cm³/mol. The Labute approximate surface area is 221 Å². The van der Waals surface area contributed by atoms with Crippen LogP contribution in [0.3, 0.4) is 0 Å². The lowest BCUT2D eigenvalue weighted by Crippen LogP contribution is -2.33. The summed E-state index contributed by atoms with van der Waals surface area (Å²) < 4.78 is 6.01. The molecule has 7 nitrogen and oxygen atoms in total. The second-order valence-electron chi connectivity index (χ2n) is 11.6. The Morgan fingerprint density at radius 1 is 0.838 bits per heavy atom. The van der Waals surface area contributed by atoms with Crippen molar-refractivity contribution in [1.29, 1.82) is 5.26 Å². The summed E-state index contributed by atoms with van der Waals surface area (Å²) in [5.41, 5.74) is 5.26. The van der Waals surface area contributed by atoms with Gasteiger partial charge in [0, 0.05) is 23.8 Å². The van der Waals surface area contributed by atoms with E-state index >= 15 is 0 Å². The molecule has 0 N–H and O–H groups in total. The van der Waals surface area contributed by atoms with E-state index in [1.807, 2.05) is 22.2 Å². The van der Waals surface area contributed by atoms with Crippen LogP contribution in [0.25, 0.3) is 4.85 Å². The highest BCUT2D eigenvalue weighted by Gasteiger charge is 2.27. The molecule has 0 spiro atoms. The lowest BCUT2D eigenvalue weighted by Gasteiger charge is -2.25. The number of allylic oxidation sites excluding steroid dienone is 1. The molecular weight excluding hydrogens is 460 g/mol. The first-order valence-electron chi connectivity index (χ1n) is 12.5. The number of ether oxygens (including phenoxy) is 1. The summed E-state index contributed by atoms with van der Waals surface area (Å²) in [5.74, 6) is 0.541. The minimum absolute atomic E-state index is 0.0477. The maximum atomic E-state index is 9.71. The monoisotopic (exact) mass is 496 g/mol. The summed E-state index contributed by atoms with van der Waals surface area (Å²) >= 11 is 0. The van der Waals surface area contributed by atoms with Gasteiger partial charge in [-0.15, -0.1) is 0 Å². The van der Waals surface area contributed by atoms with Gasteiger partial charge in [0.05, 0.1) is 6.67 Å². The van der Waals surface area contributed by atoms with Gasteiger partial charge in [-0.1, -0.05) is 72.4 Å². The molecule has 2 heterocycles. The molecule has 0 aliphatic carbocycles. The fraction of sp³-hybridized carbons (Fsp3) is 0.400. The molecule has 192 valence electrons. The molecule has 0 fully saturated rings. The van der Waals surface area contributed by atoms with E-state index in [1.54, 1.807) is 0 Å². The number of benzene rings is 2. The van der Waals surface area contributed by atoms with Crippen molar-refractivity contribution in [3.8, 4) is 6.07 Å². The van der Waals surface area contributed by atoms with Gasteiger partial charge in [0.2, 0.25) is 5.82 Å². The van der Waals surface area contributed by atoms with Crippen molar-refractivity contribution >= 4 is 11.4 Å². The van der Waals surface area contributed by atoms with E-state index < -0.39 is 0 Å². The maximum Gasteiger partial charge on any atom is 0.244 e. The molecule has 2 aliphatic heterocycles. The Morgan fingerprint density at radius 3 is 1.86 bits per heavy atom. The van der Waals surface area contributed by atoms with Gasteiger partial charge >= 0.3 is 0 Å². The van der Waals surface area contributed by atoms with Crippen LogP contribution in [0.4, 0.5) is 11.4 Å². The molecule has 4 rings (SSSR count). The quantitative estimate of drug-likeness (QED) is 0.447. The Morgan fingerprint density at radius 2 is 1.35 bits per heavy atom. The van der Waals surface area contributed by atoms with Crippen LogP contribution in [0.5, 0.6) is 0 Å². The van der Waals surface area contributed by atoms with Gasteiger partial charge in [-0.05, 0) is 46.2 Å². The van der Waals surface area contributed by atoms with Crippen LogP contribution in [-0.4, -0.2) is 36.6 Å². The second kappa shape index (κ2) is 10.2. The highest BCUT2D eigenvalue weighted by atomic mass is 16.5. The lowest BCUT2D eigenvalue weighted by molar-refractivity contribution is 0.00194. The van der Waals surface area contributed by atoms with Crippen molar-refractivity contribution in [2.75, 3.05) is 36.6 Å². The zero-order valence-electron chi connectivity index (χ0n) is 22.7. The molecule has 0 aromatic heterocycles. The number of anilines is 2. The van der Waals surface area contributed by atoms with Crippen molar-refractivity contribution in [3.63, 3.8) is 0 Å². The van der Waals surface area contributed by atoms with Gasteiger partial charge < -0.3 is 24.3 Å². The Bertz CT molecular complexity index is 1190. The molecule has 0 bridgehead atoms. The molecule has 2 aliphatic rings. The summed E-state index contributed by atoms with van der Waals surface area (Å²) in [4.78, 5) is 11.7. The Kier molecular flexibility index (Phi) is 7.21. The first kappa shape index (κ1) is 26.1. The summed E-state index contributed by atoms with van der Waals surface area (Å²) in [6.07, 6.45) is 3.74. The summed E-state index contributed by atoms with van der Waals surface area (Å²) in [5, 5.41) is 9.71. The zero-order chi connectivity index (χ0) is 26.8. The van der Waals surface area contributed by atoms with Crippen LogP contribution in [0.1, 0.15) is 52.7 Å². The third-order valence-electron chi connectivity index (χ3n) is 6.67. The van der Waals surface area contributed by atoms with E-state index in [0.717, 1.165) is 11.4 Å². The van der Waals surface area contributed by atoms with Crippen LogP contribution >= 0.6 is 0 Å². The van der Waals surface area contributed by atoms with Crippen LogP contribution in [-0.2, 0) is 15.6 Å². The minimum Gasteiger partial charge on any atom is -0.363 e. The first-order valence-corrected chi connectivity index (χ1v) is 12.5. The Hall–Kier alpha value is -3.94. The second-order valence-corrected chi connectivity index (χ2v) is 11.6. The van der Waals surface area contributed by atoms with E-state index in [4.69, 9.17) is 11.3 Å². The fourth-order valence-electron chi connectivity index (χ4n) is 4.34. The Balaban J connectivity index is 1.37. The molecule has 2 aromatic rings. The standard InChI is InChI=1S/C30H36N6O/c1-29(2,3)23-10-8-12-25(14-23)33-17-27(16-31)35(19-33)21-37-22-36-20-34(18-28(36)32-7)26-13-9-11-24(15-26)30(4,5)6/h8-15,17-18H,19-22H2,1-6H3. The van der Waals surface area contributed by atoms with Gasteiger partial charge in [0.15, 0.2) is 6.73 Å². The van der Waals surface area contributed by atoms with E-state index in [-0.39, 0.29) is 24.3 Å². The van der Waals surface area contributed by atoms with E-state index in [9.17, 15) is 5.26 Å². The largest absolute Gasteiger partial charge is 0.363 e. The highest BCUT2D eigenvalue weighted by Crippen LogP contribution is 2.31. The lowest BCUT2D eigenvalue weighted by atomic mass is 9.87. The number of nitriles is 1. The highest BCUT2D eigenvalue weighted by molar-refractivity contribution is 5.56. The van der Waals surface area contributed by atoms with Crippen molar-refractivity contribution in [1.82, 2.24) is 9.80 Å². The van der Waals surface area contributed by atoms with Crippen molar-refractivity contribution in [2.24, 2.45) is 0 Å². The normalized spacial score (nSPS) is 16.0. The first-order chi connectivity index (χ1) is 17.5. The van der Waals surface area contributed by atoms with Gasteiger partial charge in [0.25, 0.3) is 0 Å². The summed E-state index contributed by atoms with van der Waals surface area (Å²) in [7, 11) is 0. The molecule has 0 saturated carbocycles.